The van der Waals surface area contributed by atoms with Crippen molar-refractivity contribution in [1.29, 1.82) is 0 Å². The molecule has 0 atom stereocenters. The van der Waals surface area contributed by atoms with E-state index in [0.29, 0.717) is 0 Å². The summed E-state index contributed by atoms with van der Waals surface area (Å²) >= 11 is 0. The SMILES string of the molecule is CCCCOCCCNc1nc(C)cnc1C. The molecule has 1 N–H and O–H groups in total. The van der Waals surface area contributed by atoms with Gasteiger partial charge in [0.05, 0.1) is 11.4 Å². The van der Waals surface area contributed by atoms with E-state index in [1.54, 1.807) is 6.20 Å². The lowest BCUT2D eigenvalue weighted by atomic mass is 10.3. The van der Waals surface area contributed by atoms with Crippen LogP contribution in [0.1, 0.15) is 37.6 Å². The van der Waals surface area contributed by atoms with Gasteiger partial charge in [-0.15, -0.1) is 0 Å². The highest BCUT2D eigenvalue weighted by Gasteiger charge is 2.00. The van der Waals surface area contributed by atoms with Gasteiger partial charge in [0.1, 0.15) is 5.82 Å². The molecule has 0 amide bonds. The van der Waals surface area contributed by atoms with Crippen molar-refractivity contribution < 1.29 is 4.74 Å². The number of rotatable bonds is 8. The zero-order chi connectivity index (χ0) is 12.5. The molecule has 1 aromatic rings. The van der Waals surface area contributed by atoms with Gasteiger partial charge in [-0.2, -0.15) is 0 Å². The topological polar surface area (TPSA) is 47.0 Å². The summed E-state index contributed by atoms with van der Waals surface area (Å²) in [5, 5.41) is 3.29. The molecule has 0 bridgehead atoms. The highest BCUT2D eigenvalue weighted by Crippen LogP contribution is 2.08. The van der Waals surface area contributed by atoms with E-state index < -0.39 is 0 Å². The number of aromatic nitrogens is 2. The predicted molar refractivity (Wildman–Crippen MR) is 70.3 cm³/mol. The lowest BCUT2D eigenvalue weighted by Gasteiger charge is -2.08. The molecule has 1 rings (SSSR count). The molecule has 0 unspecified atom stereocenters. The Morgan fingerprint density at radius 3 is 2.76 bits per heavy atom. The molecule has 0 fully saturated rings. The Morgan fingerprint density at radius 1 is 1.24 bits per heavy atom. The minimum absolute atomic E-state index is 0.811. The van der Waals surface area contributed by atoms with Crippen LogP contribution in [0.25, 0.3) is 0 Å². The van der Waals surface area contributed by atoms with E-state index in [-0.39, 0.29) is 0 Å². The maximum absolute atomic E-state index is 5.49. The van der Waals surface area contributed by atoms with Crippen LogP contribution < -0.4 is 5.32 Å². The molecule has 0 saturated carbocycles. The molecule has 4 nitrogen and oxygen atoms in total. The van der Waals surface area contributed by atoms with Crippen molar-refractivity contribution in [2.24, 2.45) is 0 Å². The molecule has 4 heteroatoms. The molecule has 1 aromatic heterocycles. The largest absolute Gasteiger partial charge is 0.381 e. The van der Waals surface area contributed by atoms with Crippen LogP contribution in [0.3, 0.4) is 0 Å². The average Bonchev–Trinajstić information content (AvgIpc) is 2.32. The maximum atomic E-state index is 5.49. The number of hydrogen-bond acceptors (Lipinski definition) is 4. The van der Waals surface area contributed by atoms with Crippen LogP contribution in [0.4, 0.5) is 5.82 Å². The van der Waals surface area contributed by atoms with Crippen molar-refractivity contribution in [3.8, 4) is 0 Å². The number of unbranched alkanes of at least 4 members (excludes halogenated alkanes) is 1. The van der Waals surface area contributed by atoms with E-state index in [9.17, 15) is 0 Å². The summed E-state index contributed by atoms with van der Waals surface area (Å²) in [4.78, 5) is 8.67. The second-order valence-electron chi connectivity index (χ2n) is 4.19. The van der Waals surface area contributed by atoms with Crippen LogP contribution in [-0.2, 0) is 4.74 Å². The van der Waals surface area contributed by atoms with Crippen molar-refractivity contribution in [1.82, 2.24) is 9.97 Å². The first kappa shape index (κ1) is 13.9. The first-order valence-electron chi connectivity index (χ1n) is 6.36. The molecule has 96 valence electrons. The van der Waals surface area contributed by atoms with Crippen molar-refractivity contribution in [2.45, 2.75) is 40.0 Å². The Kier molecular flexibility index (Phi) is 6.55. The quantitative estimate of drug-likeness (QED) is 0.706. The molecule has 0 aliphatic rings. The highest BCUT2D eigenvalue weighted by atomic mass is 16.5. The Balaban J connectivity index is 2.15. The Labute approximate surface area is 104 Å². The monoisotopic (exact) mass is 237 g/mol. The van der Waals surface area contributed by atoms with Crippen LogP contribution in [0.15, 0.2) is 6.20 Å². The molecule has 0 saturated heterocycles. The number of hydrogen-bond donors (Lipinski definition) is 1. The van der Waals surface area contributed by atoms with Crippen molar-refractivity contribution >= 4 is 5.82 Å². The smallest absolute Gasteiger partial charge is 0.147 e. The molecular formula is C13H23N3O. The van der Waals surface area contributed by atoms with Crippen LogP contribution in [-0.4, -0.2) is 29.7 Å². The molecule has 0 radical (unpaired) electrons. The number of anilines is 1. The lowest BCUT2D eigenvalue weighted by Crippen LogP contribution is -2.09. The summed E-state index contributed by atoms with van der Waals surface area (Å²) in [5.74, 6) is 0.888. The van der Waals surface area contributed by atoms with Gasteiger partial charge in [-0.25, -0.2) is 4.98 Å². The molecule has 1 heterocycles. The summed E-state index contributed by atoms with van der Waals surface area (Å²) in [6.07, 6.45) is 5.12. The summed E-state index contributed by atoms with van der Waals surface area (Å²) in [6.45, 7) is 8.65. The Morgan fingerprint density at radius 2 is 2.00 bits per heavy atom. The van der Waals surface area contributed by atoms with Crippen molar-refractivity contribution in [2.75, 3.05) is 25.1 Å². The van der Waals surface area contributed by atoms with Crippen LogP contribution in [0, 0.1) is 13.8 Å². The van der Waals surface area contributed by atoms with Crippen molar-refractivity contribution in [3.05, 3.63) is 17.6 Å². The van der Waals surface area contributed by atoms with E-state index in [2.05, 4.69) is 22.2 Å². The Hall–Kier alpha value is -1.16. The third-order valence-corrected chi connectivity index (χ3v) is 2.48. The van der Waals surface area contributed by atoms with Crippen LogP contribution in [0.2, 0.25) is 0 Å². The van der Waals surface area contributed by atoms with Gasteiger partial charge >= 0.3 is 0 Å². The van der Waals surface area contributed by atoms with E-state index in [1.807, 2.05) is 13.8 Å². The van der Waals surface area contributed by atoms with Crippen LogP contribution >= 0.6 is 0 Å². The fraction of sp³-hybridized carbons (Fsp3) is 0.692. The van der Waals surface area contributed by atoms with Gasteiger partial charge in [-0.1, -0.05) is 13.3 Å². The average molecular weight is 237 g/mol. The van der Waals surface area contributed by atoms with E-state index >= 15 is 0 Å². The zero-order valence-corrected chi connectivity index (χ0v) is 11.1. The van der Waals surface area contributed by atoms with Gasteiger partial charge in [-0.05, 0) is 26.7 Å². The first-order chi connectivity index (χ1) is 8.24. The number of nitrogens with one attached hydrogen (secondary N) is 1. The van der Waals surface area contributed by atoms with E-state index in [4.69, 9.17) is 4.74 Å². The molecule has 0 aliphatic carbocycles. The second kappa shape index (κ2) is 8.01. The predicted octanol–water partition coefficient (Wildman–Crippen LogP) is 2.71. The normalized spacial score (nSPS) is 10.5. The minimum Gasteiger partial charge on any atom is -0.381 e. The lowest BCUT2D eigenvalue weighted by molar-refractivity contribution is 0.131. The zero-order valence-electron chi connectivity index (χ0n) is 11.1. The standard InChI is InChI=1S/C13H23N3O/c1-4-5-8-17-9-6-7-14-13-12(3)15-10-11(2)16-13/h10H,4-9H2,1-3H3,(H,14,16). The van der Waals surface area contributed by atoms with Gasteiger partial charge in [0.2, 0.25) is 0 Å². The molecule has 0 aliphatic heterocycles. The second-order valence-corrected chi connectivity index (χ2v) is 4.19. The first-order valence-corrected chi connectivity index (χ1v) is 6.36. The summed E-state index contributed by atoms with van der Waals surface area (Å²) in [6, 6.07) is 0. The molecule has 0 spiro atoms. The number of nitrogens with zero attached hydrogens (tertiary/aromatic N) is 2. The fourth-order valence-electron chi connectivity index (χ4n) is 1.43. The van der Waals surface area contributed by atoms with Gasteiger partial charge < -0.3 is 10.1 Å². The highest BCUT2D eigenvalue weighted by molar-refractivity contribution is 5.39. The fourth-order valence-corrected chi connectivity index (χ4v) is 1.43. The van der Waals surface area contributed by atoms with Gasteiger partial charge in [-0.3, -0.25) is 4.98 Å². The number of aryl methyl sites for hydroxylation is 2. The summed E-state index contributed by atoms with van der Waals surface area (Å²) < 4.78 is 5.49. The van der Waals surface area contributed by atoms with Crippen LogP contribution in [0.5, 0.6) is 0 Å². The Bertz CT molecular complexity index is 328. The van der Waals surface area contributed by atoms with Gasteiger partial charge in [0, 0.05) is 26.0 Å². The molecule has 17 heavy (non-hydrogen) atoms. The third kappa shape index (κ3) is 5.63. The van der Waals surface area contributed by atoms with Gasteiger partial charge in [0.15, 0.2) is 0 Å². The molecular weight excluding hydrogens is 214 g/mol. The third-order valence-electron chi connectivity index (χ3n) is 2.48. The summed E-state index contributed by atoms with van der Waals surface area (Å²) in [5.41, 5.74) is 1.89. The van der Waals surface area contributed by atoms with E-state index in [0.717, 1.165) is 49.8 Å². The van der Waals surface area contributed by atoms with Gasteiger partial charge in [0.25, 0.3) is 0 Å². The maximum Gasteiger partial charge on any atom is 0.147 e. The van der Waals surface area contributed by atoms with Crippen molar-refractivity contribution in [3.63, 3.8) is 0 Å². The summed E-state index contributed by atoms with van der Waals surface area (Å²) in [7, 11) is 0. The number of ether oxygens (including phenoxy) is 1. The molecule has 0 aromatic carbocycles. The minimum atomic E-state index is 0.811. The van der Waals surface area contributed by atoms with E-state index in [1.165, 1.54) is 6.42 Å².